The molecule has 0 spiro atoms. The smallest absolute Gasteiger partial charge is 0.338 e. The Kier molecular flexibility index (Phi) is 4.08. The highest BCUT2D eigenvalue weighted by Crippen LogP contribution is 2.07. The molecule has 1 heterocycles. The number of ether oxygens (including phenoxy) is 3. The number of carbonyl (C=O) groups is 1. The average Bonchev–Trinajstić information content (AvgIpc) is 2.39. The first-order valence-corrected chi connectivity index (χ1v) is 5.39. The van der Waals surface area contributed by atoms with Gasteiger partial charge >= 0.3 is 5.97 Å². The van der Waals surface area contributed by atoms with E-state index in [1.165, 1.54) is 0 Å². The lowest BCUT2D eigenvalue weighted by atomic mass is 10.2. The number of benzene rings is 1. The number of aliphatic hydroxyl groups is 1. The van der Waals surface area contributed by atoms with Crippen LogP contribution in [0, 0.1) is 0 Å². The maximum absolute atomic E-state index is 11.6. The van der Waals surface area contributed by atoms with Crippen LogP contribution in [0.2, 0.25) is 0 Å². The van der Waals surface area contributed by atoms with Gasteiger partial charge in [0.1, 0.15) is 12.7 Å². The molecule has 0 atom stereocenters. The van der Waals surface area contributed by atoms with Crippen LogP contribution in [-0.4, -0.2) is 43.3 Å². The Labute approximate surface area is 98.9 Å². The lowest BCUT2D eigenvalue weighted by Crippen LogP contribution is -2.38. The van der Waals surface area contributed by atoms with Crippen LogP contribution in [-0.2, 0) is 14.2 Å². The van der Waals surface area contributed by atoms with Gasteiger partial charge in [0.2, 0.25) is 0 Å². The molecule has 0 amide bonds. The van der Waals surface area contributed by atoms with Gasteiger partial charge in [-0.3, -0.25) is 0 Å². The normalized spacial score (nSPS) is 24.3. The number of rotatable bonds is 3. The summed E-state index contributed by atoms with van der Waals surface area (Å²) in [7, 11) is 0. The number of hydrogen-bond donors (Lipinski definition) is 1. The highest BCUT2D eigenvalue weighted by atomic mass is 16.7. The summed E-state index contributed by atoms with van der Waals surface area (Å²) in [6.45, 7) is 0.432. The van der Waals surface area contributed by atoms with Crippen LogP contribution in [0.4, 0.5) is 0 Å². The minimum Gasteiger partial charge on any atom is -0.457 e. The first kappa shape index (κ1) is 12.0. The monoisotopic (exact) mass is 238 g/mol. The summed E-state index contributed by atoms with van der Waals surface area (Å²) in [5, 5.41) is 9.12. The molecule has 0 aromatic heterocycles. The van der Waals surface area contributed by atoms with Crippen molar-refractivity contribution in [2.24, 2.45) is 0 Å². The van der Waals surface area contributed by atoms with Gasteiger partial charge in [0.15, 0.2) is 6.29 Å². The Morgan fingerprint density at radius 1 is 1.29 bits per heavy atom. The molecule has 2 rings (SSSR count). The molecule has 0 saturated carbocycles. The summed E-state index contributed by atoms with van der Waals surface area (Å²) in [5.74, 6) is -0.413. The Hall–Kier alpha value is -1.43. The van der Waals surface area contributed by atoms with Crippen molar-refractivity contribution in [1.29, 1.82) is 0 Å². The van der Waals surface area contributed by atoms with Crippen LogP contribution in [0.1, 0.15) is 10.4 Å². The van der Waals surface area contributed by atoms with Gasteiger partial charge in [-0.25, -0.2) is 4.79 Å². The minimum absolute atomic E-state index is 0.0282. The first-order valence-electron chi connectivity index (χ1n) is 5.39. The van der Waals surface area contributed by atoms with E-state index in [4.69, 9.17) is 19.3 Å². The van der Waals surface area contributed by atoms with Gasteiger partial charge in [0.25, 0.3) is 0 Å². The summed E-state index contributed by atoms with van der Waals surface area (Å²) in [5.41, 5.74) is 0.489. The van der Waals surface area contributed by atoms with Crippen LogP contribution >= 0.6 is 0 Å². The van der Waals surface area contributed by atoms with E-state index in [2.05, 4.69) is 0 Å². The third-order valence-electron chi connectivity index (χ3n) is 2.31. The van der Waals surface area contributed by atoms with E-state index in [0.29, 0.717) is 5.56 Å². The van der Waals surface area contributed by atoms with Crippen LogP contribution in [0.25, 0.3) is 0 Å². The highest BCUT2D eigenvalue weighted by molar-refractivity contribution is 5.89. The topological polar surface area (TPSA) is 65.0 Å². The van der Waals surface area contributed by atoms with Gasteiger partial charge in [0.05, 0.1) is 18.8 Å². The fraction of sp³-hybridized carbons (Fsp3) is 0.417. The maximum atomic E-state index is 11.6. The molecule has 1 N–H and O–H groups in total. The number of esters is 1. The van der Waals surface area contributed by atoms with Crippen molar-refractivity contribution in [1.82, 2.24) is 0 Å². The zero-order valence-electron chi connectivity index (χ0n) is 9.24. The van der Waals surface area contributed by atoms with Gasteiger partial charge < -0.3 is 19.3 Å². The minimum atomic E-state index is -0.601. The van der Waals surface area contributed by atoms with Crippen molar-refractivity contribution < 1.29 is 24.1 Å². The van der Waals surface area contributed by atoms with Crippen LogP contribution in [0.3, 0.4) is 0 Å². The molecule has 0 unspecified atom stereocenters. The second-order valence-corrected chi connectivity index (χ2v) is 3.71. The lowest BCUT2D eigenvalue weighted by Gasteiger charge is -2.26. The van der Waals surface area contributed by atoms with Crippen LogP contribution in [0.5, 0.6) is 0 Å². The number of carbonyl (C=O) groups excluding carboxylic acids is 1. The molecule has 1 aliphatic rings. The van der Waals surface area contributed by atoms with Gasteiger partial charge in [0, 0.05) is 0 Å². The van der Waals surface area contributed by atoms with Crippen molar-refractivity contribution in [3.63, 3.8) is 0 Å². The molecule has 5 nitrogen and oxygen atoms in total. The Morgan fingerprint density at radius 3 is 2.59 bits per heavy atom. The van der Waals surface area contributed by atoms with Crippen molar-refractivity contribution in [3.8, 4) is 0 Å². The Bertz CT molecular complexity index is 356. The van der Waals surface area contributed by atoms with E-state index >= 15 is 0 Å². The molecule has 1 aliphatic heterocycles. The van der Waals surface area contributed by atoms with E-state index in [1.807, 2.05) is 6.07 Å². The van der Waals surface area contributed by atoms with E-state index in [9.17, 15) is 4.79 Å². The Morgan fingerprint density at radius 2 is 1.94 bits per heavy atom. The van der Waals surface area contributed by atoms with E-state index in [0.717, 1.165) is 0 Å². The predicted molar refractivity (Wildman–Crippen MR) is 58.4 cm³/mol. The van der Waals surface area contributed by atoms with Crippen LogP contribution in [0.15, 0.2) is 30.3 Å². The van der Waals surface area contributed by atoms with Crippen molar-refractivity contribution in [3.05, 3.63) is 35.9 Å². The fourth-order valence-corrected chi connectivity index (χ4v) is 1.43. The van der Waals surface area contributed by atoms with Crippen molar-refractivity contribution >= 4 is 5.97 Å². The van der Waals surface area contributed by atoms with Gasteiger partial charge in [-0.2, -0.15) is 0 Å². The summed E-state index contributed by atoms with van der Waals surface area (Å²) < 4.78 is 15.3. The summed E-state index contributed by atoms with van der Waals surface area (Å²) in [6, 6.07) is 8.70. The second kappa shape index (κ2) is 5.77. The van der Waals surface area contributed by atoms with Gasteiger partial charge in [-0.1, -0.05) is 18.2 Å². The molecule has 0 aliphatic carbocycles. The first-order chi connectivity index (χ1) is 8.25. The molecule has 1 aromatic carbocycles. The van der Waals surface area contributed by atoms with E-state index < -0.39 is 18.4 Å². The van der Waals surface area contributed by atoms with E-state index in [1.54, 1.807) is 24.3 Å². The fourth-order valence-electron chi connectivity index (χ4n) is 1.43. The third-order valence-corrected chi connectivity index (χ3v) is 2.31. The van der Waals surface area contributed by atoms with E-state index in [-0.39, 0.29) is 19.8 Å². The zero-order valence-corrected chi connectivity index (χ0v) is 9.24. The molecule has 1 fully saturated rings. The van der Waals surface area contributed by atoms with Crippen molar-refractivity contribution in [2.75, 3.05) is 19.8 Å². The number of hydrogen-bond acceptors (Lipinski definition) is 5. The molecule has 17 heavy (non-hydrogen) atoms. The summed E-state index contributed by atoms with van der Waals surface area (Å²) in [6.07, 6.45) is -1.19. The zero-order chi connectivity index (χ0) is 12.1. The average molecular weight is 238 g/mol. The largest absolute Gasteiger partial charge is 0.457 e. The van der Waals surface area contributed by atoms with Crippen molar-refractivity contribution in [2.45, 2.75) is 12.4 Å². The summed E-state index contributed by atoms with van der Waals surface area (Å²) >= 11 is 0. The standard InChI is InChI=1S/C12H14O5/c13-10-6-15-11(16-7-10)8-17-12(14)9-4-2-1-3-5-9/h1-5,10-11,13H,6-8H2. The molecular weight excluding hydrogens is 224 g/mol. The quantitative estimate of drug-likeness (QED) is 0.780. The Balaban J connectivity index is 1.77. The molecule has 0 bridgehead atoms. The lowest BCUT2D eigenvalue weighted by molar-refractivity contribution is -0.228. The SMILES string of the molecule is O=C(OCC1OCC(O)CO1)c1ccccc1. The molecule has 1 saturated heterocycles. The second-order valence-electron chi connectivity index (χ2n) is 3.71. The molecule has 1 aromatic rings. The molecular formula is C12H14O5. The number of aliphatic hydroxyl groups excluding tert-OH is 1. The van der Waals surface area contributed by atoms with Crippen LogP contribution < -0.4 is 0 Å². The van der Waals surface area contributed by atoms with Gasteiger partial charge in [-0.05, 0) is 12.1 Å². The highest BCUT2D eigenvalue weighted by Gasteiger charge is 2.21. The predicted octanol–water partition coefficient (Wildman–Crippen LogP) is 0.577. The maximum Gasteiger partial charge on any atom is 0.338 e. The summed E-state index contributed by atoms with van der Waals surface area (Å²) in [4.78, 5) is 11.6. The van der Waals surface area contributed by atoms with Gasteiger partial charge in [-0.15, -0.1) is 0 Å². The third kappa shape index (κ3) is 3.52. The molecule has 0 radical (unpaired) electrons. The molecule has 5 heteroatoms. The molecule has 92 valence electrons.